The van der Waals surface area contributed by atoms with E-state index in [1.54, 1.807) is 12.1 Å². The van der Waals surface area contributed by atoms with Crippen LogP contribution in [0.4, 0.5) is 10.1 Å². The predicted octanol–water partition coefficient (Wildman–Crippen LogP) is 6.11. The maximum atomic E-state index is 14.4. The lowest BCUT2D eigenvalue weighted by molar-refractivity contribution is -0.117. The van der Waals surface area contributed by atoms with Crippen LogP contribution in [-0.4, -0.2) is 33.8 Å². The number of unbranched alkanes of at least 4 members (excludes halogenated alkanes) is 2. The third-order valence-electron chi connectivity index (χ3n) is 5.30. The SMILES string of the molecule is CCCCC[C@H](F)c1ccc(N2C(=O)CC[C@@H]2CCSc2nc(C(=O)O)cs2)cc1. The number of carbonyl (C=O) groups is 2. The first kappa shape index (κ1) is 22.7. The van der Waals surface area contributed by atoms with Crippen molar-refractivity contribution in [2.75, 3.05) is 10.7 Å². The highest BCUT2D eigenvalue weighted by Crippen LogP contribution is 2.33. The van der Waals surface area contributed by atoms with Gasteiger partial charge in [0.1, 0.15) is 6.17 Å². The summed E-state index contributed by atoms with van der Waals surface area (Å²) in [4.78, 5) is 29.3. The molecule has 5 nitrogen and oxygen atoms in total. The van der Waals surface area contributed by atoms with Crippen LogP contribution < -0.4 is 4.90 Å². The summed E-state index contributed by atoms with van der Waals surface area (Å²) in [6.45, 7) is 2.11. The first-order valence-corrected chi connectivity index (χ1v) is 12.2. The zero-order chi connectivity index (χ0) is 21.5. The van der Waals surface area contributed by atoms with Crippen molar-refractivity contribution in [3.63, 3.8) is 0 Å². The molecule has 1 aliphatic rings. The Balaban J connectivity index is 1.56. The number of thiazole rings is 1. The molecule has 30 heavy (non-hydrogen) atoms. The number of thioether (sulfide) groups is 1. The molecule has 1 N–H and O–H groups in total. The van der Waals surface area contributed by atoms with Crippen LogP contribution >= 0.6 is 23.1 Å². The van der Waals surface area contributed by atoms with E-state index < -0.39 is 12.1 Å². The Labute approximate surface area is 184 Å². The number of rotatable bonds is 11. The van der Waals surface area contributed by atoms with E-state index in [0.29, 0.717) is 18.4 Å². The number of amides is 1. The van der Waals surface area contributed by atoms with E-state index in [0.717, 1.165) is 47.9 Å². The summed E-state index contributed by atoms with van der Waals surface area (Å²) in [5.74, 6) is -0.168. The van der Waals surface area contributed by atoms with Gasteiger partial charge in [0, 0.05) is 29.3 Å². The van der Waals surface area contributed by atoms with Gasteiger partial charge in [-0.2, -0.15) is 0 Å². The van der Waals surface area contributed by atoms with Crippen molar-refractivity contribution in [2.45, 2.75) is 68.4 Å². The third kappa shape index (κ3) is 5.82. The molecule has 1 aromatic carbocycles. The van der Waals surface area contributed by atoms with Gasteiger partial charge in [-0.1, -0.05) is 50.1 Å². The number of halogens is 1. The number of carboxylic acids is 1. The number of carboxylic acid groups (broad SMARTS) is 1. The number of carbonyl (C=O) groups excluding carboxylic acids is 1. The molecule has 2 heterocycles. The molecule has 1 aliphatic heterocycles. The molecule has 162 valence electrons. The quantitative estimate of drug-likeness (QED) is 0.330. The predicted molar refractivity (Wildman–Crippen MR) is 119 cm³/mol. The van der Waals surface area contributed by atoms with E-state index >= 15 is 0 Å². The number of alkyl halides is 1. The molecule has 0 unspecified atom stereocenters. The van der Waals surface area contributed by atoms with Crippen molar-refractivity contribution < 1.29 is 19.1 Å². The fourth-order valence-corrected chi connectivity index (χ4v) is 5.57. The second kappa shape index (κ2) is 10.9. The monoisotopic (exact) mass is 450 g/mol. The van der Waals surface area contributed by atoms with Crippen LogP contribution in [0.25, 0.3) is 0 Å². The first-order valence-electron chi connectivity index (χ1n) is 10.4. The highest BCUT2D eigenvalue weighted by atomic mass is 32.2. The minimum Gasteiger partial charge on any atom is -0.476 e. The number of nitrogens with zero attached hydrogens (tertiary/aromatic N) is 2. The average Bonchev–Trinajstić information content (AvgIpc) is 3.35. The smallest absolute Gasteiger partial charge is 0.355 e. The molecule has 0 spiro atoms. The molecule has 1 saturated heterocycles. The van der Waals surface area contributed by atoms with Gasteiger partial charge in [-0.15, -0.1) is 11.3 Å². The summed E-state index contributed by atoms with van der Waals surface area (Å²) < 4.78 is 15.1. The normalized spacial score (nSPS) is 17.5. The Morgan fingerprint density at radius 1 is 1.37 bits per heavy atom. The van der Waals surface area contributed by atoms with Gasteiger partial charge in [0.25, 0.3) is 0 Å². The molecule has 0 aliphatic carbocycles. The number of hydrogen-bond acceptors (Lipinski definition) is 5. The molecule has 0 saturated carbocycles. The molecule has 8 heteroatoms. The lowest BCUT2D eigenvalue weighted by atomic mass is 10.0. The molecule has 2 aromatic rings. The molecule has 1 fully saturated rings. The van der Waals surface area contributed by atoms with Crippen LogP contribution in [0.15, 0.2) is 34.0 Å². The Kier molecular flexibility index (Phi) is 8.27. The summed E-state index contributed by atoms with van der Waals surface area (Å²) in [5.41, 5.74) is 1.56. The molecule has 2 atom stereocenters. The standard InChI is InChI=1S/C22H27FN2O3S2/c1-2-3-4-5-18(23)15-6-8-16(9-7-15)25-17(10-11-20(25)26)12-13-29-22-24-19(14-30-22)21(27)28/h6-9,14,17-18H,2-5,10-13H2,1H3,(H,27,28)/t17-,18+/m1/s1. The first-order chi connectivity index (χ1) is 14.5. The fourth-order valence-electron chi connectivity index (χ4n) is 3.66. The topological polar surface area (TPSA) is 70.5 Å². The number of hydrogen-bond donors (Lipinski definition) is 1. The maximum Gasteiger partial charge on any atom is 0.355 e. The van der Waals surface area contributed by atoms with E-state index in [2.05, 4.69) is 11.9 Å². The summed E-state index contributed by atoms with van der Waals surface area (Å²) in [7, 11) is 0. The van der Waals surface area contributed by atoms with Crippen molar-refractivity contribution in [2.24, 2.45) is 0 Å². The van der Waals surface area contributed by atoms with E-state index in [9.17, 15) is 14.0 Å². The Hall–Kier alpha value is -1.93. The zero-order valence-electron chi connectivity index (χ0n) is 17.1. The number of aromatic carboxylic acids is 1. The van der Waals surface area contributed by atoms with Gasteiger partial charge in [-0.05, 0) is 37.0 Å². The highest BCUT2D eigenvalue weighted by molar-refractivity contribution is 8.01. The Bertz CT molecular complexity index is 856. The third-order valence-corrected chi connectivity index (χ3v) is 7.35. The van der Waals surface area contributed by atoms with E-state index in [1.807, 2.05) is 17.0 Å². The maximum absolute atomic E-state index is 14.4. The van der Waals surface area contributed by atoms with Crippen molar-refractivity contribution in [3.8, 4) is 0 Å². The molecule has 3 rings (SSSR count). The molecule has 0 bridgehead atoms. The summed E-state index contributed by atoms with van der Waals surface area (Å²) >= 11 is 2.84. The number of aromatic nitrogens is 1. The fraction of sp³-hybridized carbons (Fsp3) is 0.500. The van der Waals surface area contributed by atoms with Crippen LogP contribution in [0, 0.1) is 0 Å². The van der Waals surface area contributed by atoms with Crippen LogP contribution in [0.2, 0.25) is 0 Å². The summed E-state index contributed by atoms with van der Waals surface area (Å²) in [6.07, 6.45) is 4.68. The Morgan fingerprint density at radius 2 is 2.13 bits per heavy atom. The van der Waals surface area contributed by atoms with Gasteiger partial charge in [0.05, 0.1) is 0 Å². The average molecular weight is 451 g/mol. The Morgan fingerprint density at radius 3 is 2.80 bits per heavy atom. The van der Waals surface area contributed by atoms with Gasteiger partial charge in [0.15, 0.2) is 10.0 Å². The lowest BCUT2D eigenvalue weighted by Crippen LogP contribution is -2.33. The lowest BCUT2D eigenvalue weighted by Gasteiger charge is -2.25. The van der Waals surface area contributed by atoms with E-state index in [1.165, 1.54) is 28.5 Å². The molecule has 1 amide bonds. The molecule has 0 radical (unpaired) electrons. The van der Waals surface area contributed by atoms with Crippen molar-refractivity contribution >= 4 is 40.7 Å². The van der Waals surface area contributed by atoms with Crippen LogP contribution in [0.5, 0.6) is 0 Å². The second-order valence-electron chi connectivity index (χ2n) is 7.45. The minimum atomic E-state index is -1.02. The van der Waals surface area contributed by atoms with E-state index in [-0.39, 0.29) is 17.6 Å². The van der Waals surface area contributed by atoms with Crippen molar-refractivity contribution in [1.29, 1.82) is 0 Å². The van der Waals surface area contributed by atoms with Crippen LogP contribution in [-0.2, 0) is 4.79 Å². The van der Waals surface area contributed by atoms with Crippen molar-refractivity contribution in [3.05, 3.63) is 40.9 Å². The van der Waals surface area contributed by atoms with Gasteiger partial charge >= 0.3 is 5.97 Å². The largest absolute Gasteiger partial charge is 0.476 e. The van der Waals surface area contributed by atoms with Crippen LogP contribution in [0.3, 0.4) is 0 Å². The summed E-state index contributed by atoms with van der Waals surface area (Å²) in [5, 5.41) is 10.5. The van der Waals surface area contributed by atoms with Gasteiger partial charge in [0.2, 0.25) is 5.91 Å². The number of anilines is 1. The summed E-state index contributed by atoms with van der Waals surface area (Å²) in [6, 6.07) is 7.40. The number of benzene rings is 1. The van der Waals surface area contributed by atoms with Gasteiger partial charge in [-0.3, -0.25) is 4.79 Å². The van der Waals surface area contributed by atoms with E-state index in [4.69, 9.17) is 5.11 Å². The molecular weight excluding hydrogens is 423 g/mol. The van der Waals surface area contributed by atoms with Gasteiger partial charge < -0.3 is 10.0 Å². The van der Waals surface area contributed by atoms with Gasteiger partial charge in [-0.25, -0.2) is 14.2 Å². The second-order valence-corrected chi connectivity index (χ2v) is 9.65. The van der Waals surface area contributed by atoms with Crippen LogP contribution in [0.1, 0.15) is 74.1 Å². The molecule has 1 aromatic heterocycles. The van der Waals surface area contributed by atoms with Crippen molar-refractivity contribution in [1.82, 2.24) is 4.98 Å². The zero-order valence-corrected chi connectivity index (χ0v) is 18.7. The highest BCUT2D eigenvalue weighted by Gasteiger charge is 2.32. The minimum absolute atomic E-state index is 0.0705. The molecular formula is C22H27FN2O3S2.